The maximum atomic E-state index is 15.4. The summed E-state index contributed by atoms with van der Waals surface area (Å²) in [6.45, 7) is 5.35. The van der Waals surface area contributed by atoms with Gasteiger partial charge in [-0.1, -0.05) is 12.1 Å². The Bertz CT molecular complexity index is 1820. The summed E-state index contributed by atoms with van der Waals surface area (Å²) in [5.74, 6) is -1.30. The monoisotopic (exact) mass is 610 g/mol. The summed E-state index contributed by atoms with van der Waals surface area (Å²) in [6, 6.07) is 13.8. The molecule has 10 nitrogen and oxygen atoms in total. The fraction of sp³-hybridized carbons (Fsp3) is 0.233. The highest BCUT2D eigenvalue weighted by atomic mass is 19.4. The van der Waals surface area contributed by atoms with Gasteiger partial charge in [0.05, 0.1) is 11.2 Å². The summed E-state index contributed by atoms with van der Waals surface area (Å²) < 4.78 is 71.9. The van der Waals surface area contributed by atoms with E-state index in [0.29, 0.717) is 22.6 Å². The third-order valence-electron chi connectivity index (χ3n) is 5.90. The first-order valence-corrected chi connectivity index (χ1v) is 13.2. The number of nitrogens with zero attached hydrogens (tertiary/aromatic N) is 5. The summed E-state index contributed by atoms with van der Waals surface area (Å²) in [7, 11) is 0. The first-order valence-electron chi connectivity index (χ1n) is 13.2. The van der Waals surface area contributed by atoms with E-state index in [-0.39, 0.29) is 34.4 Å². The molecule has 0 spiro atoms. The zero-order chi connectivity index (χ0) is 31.6. The van der Waals surface area contributed by atoms with Crippen molar-refractivity contribution in [2.45, 2.75) is 39.5 Å². The second-order valence-corrected chi connectivity index (χ2v) is 10.6. The van der Waals surface area contributed by atoms with Crippen LogP contribution < -0.4 is 14.8 Å². The molecular formula is C30H26F4N6O4. The summed E-state index contributed by atoms with van der Waals surface area (Å²) in [5, 5.41) is 2.64. The van der Waals surface area contributed by atoms with Gasteiger partial charge in [-0.15, -0.1) is 0 Å². The van der Waals surface area contributed by atoms with Crippen LogP contribution in [0.25, 0.3) is 28.0 Å². The fourth-order valence-corrected chi connectivity index (χ4v) is 4.17. The molecule has 0 bridgehead atoms. The standard InChI is InChI=1S/C30H26F4N6O4/c1-17-11-12-35-27(38-17)43-24-10-9-20(13-21(24)31)40-23(14-22-25(40)26(37-16-36-22)42-15-30(32,33)34)18-5-7-19(8-6-18)39-28(41)44-29(2,3)4/h5-14,16H,15H2,1-4H3,(H,39,41). The molecule has 0 aliphatic carbocycles. The van der Waals surface area contributed by atoms with Crippen molar-refractivity contribution in [2.24, 2.45) is 0 Å². The molecule has 0 aliphatic heterocycles. The predicted octanol–water partition coefficient (Wildman–Crippen LogP) is 7.41. The Kier molecular flexibility index (Phi) is 8.09. The highest BCUT2D eigenvalue weighted by molar-refractivity contribution is 5.90. The number of rotatable bonds is 7. The molecule has 3 aromatic heterocycles. The van der Waals surface area contributed by atoms with Crippen molar-refractivity contribution in [2.75, 3.05) is 11.9 Å². The Hall–Kier alpha value is -5.27. The van der Waals surface area contributed by atoms with E-state index < -0.39 is 30.3 Å². The normalized spacial score (nSPS) is 11.8. The van der Waals surface area contributed by atoms with Gasteiger partial charge in [0.1, 0.15) is 17.4 Å². The molecule has 0 fully saturated rings. The van der Waals surface area contributed by atoms with Crippen molar-refractivity contribution >= 4 is 22.8 Å². The Morgan fingerprint density at radius 1 is 0.977 bits per heavy atom. The molecule has 5 aromatic rings. The first kappa shape index (κ1) is 30.2. The van der Waals surface area contributed by atoms with Crippen LogP contribution in [-0.4, -0.2) is 49.0 Å². The molecule has 0 atom stereocenters. The molecular weight excluding hydrogens is 584 g/mol. The highest BCUT2D eigenvalue weighted by Gasteiger charge is 2.30. The molecule has 2 aromatic carbocycles. The summed E-state index contributed by atoms with van der Waals surface area (Å²) >= 11 is 0. The topological polar surface area (TPSA) is 113 Å². The minimum atomic E-state index is -4.63. The van der Waals surface area contributed by atoms with Gasteiger partial charge in [0.25, 0.3) is 0 Å². The van der Waals surface area contributed by atoms with Gasteiger partial charge in [0.15, 0.2) is 18.2 Å². The minimum absolute atomic E-state index is 0.0555. The Morgan fingerprint density at radius 2 is 1.73 bits per heavy atom. The number of ether oxygens (including phenoxy) is 3. The zero-order valence-corrected chi connectivity index (χ0v) is 23.9. The van der Waals surface area contributed by atoms with Crippen LogP contribution in [0.1, 0.15) is 26.5 Å². The lowest BCUT2D eigenvalue weighted by Gasteiger charge is -2.19. The maximum Gasteiger partial charge on any atom is 0.422 e. The van der Waals surface area contributed by atoms with Gasteiger partial charge in [-0.25, -0.2) is 24.1 Å². The van der Waals surface area contributed by atoms with Crippen molar-refractivity contribution in [1.29, 1.82) is 0 Å². The van der Waals surface area contributed by atoms with Crippen LogP contribution >= 0.6 is 0 Å². The first-order chi connectivity index (χ1) is 20.8. The number of anilines is 1. The number of hydrogen-bond acceptors (Lipinski definition) is 8. The molecule has 1 amide bonds. The van der Waals surface area contributed by atoms with Crippen molar-refractivity contribution in [3.05, 3.63) is 78.6 Å². The summed E-state index contributed by atoms with van der Waals surface area (Å²) in [4.78, 5) is 28.4. The van der Waals surface area contributed by atoms with Crippen LogP contribution in [0.2, 0.25) is 0 Å². The van der Waals surface area contributed by atoms with E-state index in [1.165, 1.54) is 22.9 Å². The predicted molar refractivity (Wildman–Crippen MR) is 153 cm³/mol. The number of carbonyl (C=O) groups excluding carboxylic acids is 1. The zero-order valence-electron chi connectivity index (χ0n) is 23.9. The molecule has 0 saturated carbocycles. The SMILES string of the molecule is Cc1ccnc(Oc2ccc(-n3c(-c4ccc(NC(=O)OC(C)(C)C)cc4)cc4ncnc(OCC(F)(F)F)c43)cc2F)n1. The Morgan fingerprint density at radius 3 is 2.39 bits per heavy atom. The molecule has 1 N–H and O–H groups in total. The number of hydrogen-bond donors (Lipinski definition) is 1. The van der Waals surface area contributed by atoms with Gasteiger partial charge >= 0.3 is 18.3 Å². The molecule has 0 unspecified atom stereocenters. The number of aromatic nitrogens is 5. The Labute approximate surface area is 248 Å². The second kappa shape index (κ2) is 11.8. The molecule has 0 radical (unpaired) electrons. The number of nitrogens with one attached hydrogen (secondary N) is 1. The summed E-state index contributed by atoms with van der Waals surface area (Å²) in [5.41, 5.74) is 1.90. The van der Waals surface area contributed by atoms with E-state index in [4.69, 9.17) is 14.2 Å². The molecule has 0 aliphatic rings. The van der Waals surface area contributed by atoms with Gasteiger partial charge < -0.3 is 18.8 Å². The van der Waals surface area contributed by atoms with E-state index in [9.17, 15) is 18.0 Å². The number of alkyl halides is 3. The van der Waals surface area contributed by atoms with Crippen LogP contribution in [0.4, 0.5) is 28.0 Å². The summed E-state index contributed by atoms with van der Waals surface area (Å²) in [6.07, 6.45) is -2.72. The van der Waals surface area contributed by atoms with Gasteiger partial charge in [0, 0.05) is 29.3 Å². The van der Waals surface area contributed by atoms with Crippen LogP contribution in [-0.2, 0) is 4.74 Å². The molecule has 5 rings (SSSR count). The maximum absolute atomic E-state index is 15.4. The van der Waals surface area contributed by atoms with Crippen LogP contribution in [0, 0.1) is 12.7 Å². The number of fused-ring (bicyclic) bond motifs is 1. The van der Waals surface area contributed by atoms with Gasteiger partial charge in [-0.3, -0.25) is 5.32 Å². The molecule has 14 heteroatoms. The molecule has 228 valence electrons. The quantitative estimate of drug-likeness (QED) is 0.190. The third-order valence-corrected chi connectivity index (χ3v) is 5.90. The third kappa shape index (κ3) is 7.19. The molecule has 44 heavy (non-hydrogen) atoms. The van der Waals surface area contributed by atoms with Gasteiger partial charge in [-0.2, -0.15) is 18.2 Å². The lowest BCUT2D eigenvalue weighted by molar-refractivity contribution is -0.153. The van der Waals surface area contributed by atoms with Crippen LogP contribution in [0.15, 0.2) is 67.1 Å². The molecule has 3 heterocycles. The average Bonchev–Trinajstić information content (AvgIpc) is 3.32. The number of benzene rings is 2. The van der Waals surface area contributed by atoms with E-state index in [0.717, 1.165) is 12.4 Å². The van der Waals surface area contributed by atoms with E-state index in [1.54, 1.807) is 64.1 Å². The van der Waals surface area contributed by atoms with Crippen molar-refractivity contribution in [1.82, 2.24) is 24.5 Å². The lowest BCUT2D eigenvalue weighted by atomic mass is 10.1. The van der Waals surface area contributed by atoms with Crippen LogP contribution in [0.5, 0.6) is 17.6 Å². The number of carbonyl (C=O) groups is 1. The van der Waals surface area contributed by atoms with E-state index in [2.05, 4.69) is 25.3 Å². The van der Waals surface area contributed by atoms with Gasteiger partial charge in [-0.05, 0) is 69.7 Å². The second-order valence-electron chi connectivity index (χ2n) is 10.6. The largest absolute Gasteiger partial charge is 0.466 e. The van der Waals surface area contributed by atoms with Crippen molar-refractivity contribution < 1.29 is 36.6 Å². The molecule has 0 saturated heterocycles. The fourth-order valence-electron chi connectivity index (χ4n) is 4.17. The Balaban J connectivity index is 1.57. The van der Waals surface area contributed by atoms with Crippen molar-refractivity contribution in [3.8, 4) is 34.6 Å². The lowest BCUT2D eigenvalue weighted by Crippen LogP contribution is -2.27. The smallest absolute Gasteiger partial charge is 0.422 e. The average molecular weight is 611 g/mol. The van der Waals surface area contributed by atoms with E-state index in [1.807, 2.05) is 0 Å². The highest BCUT2D eigenvalue weighted by Crippen LogP contribution is 2.37. The van der Waals surface area contributed by atoms with Gasteiger partial charge in [0.2, 0.25) is 5.88 Å². The minimum Gasteiger partial charge on any atom is -0.466 e. The number of aryl methyl sites for hydroxylation is 1. The number of amides is 1. The number of halogens is 4. The van der Waals surface area contributed by atoms with Crippen LogP contribution in [0.3, 0.4) is 0 Å². The van der Waals surface area contributed by atoms with E-state index >= 15 is 4.39 Å². The van der Waals surface area contributed by atoms with Crippen molar-refractivity contribution in [3.63, 3.8) is 0 Å².